The summed E-state index contributed by atoms with van der Waals surface area (Å²) in [4.78, 5) is 13.4. The lowest BCUT2D eigenvalue weighted by Crippen LogP contribution is -2.27. The fourth-order valence-electron chi connectivity index (χ4n) is 2.52. The van der Waals surface area contributed by atoms with Crippen molar-refractivity contribution in [1.29, 1.82) is 0 Å². The van der Waals surface area contributed by atoms with Crippen LogP contribution in [0.25, 0.3) is 0 Å². The van der Waals surface area contributed by atoms with E-state index in [2.05, 4.69) is 33.4 Å². The highest BCUT2D eigenvalue weighted by molar-refractivity contribution is 9.10. The second-order valence-electron chi connectivity index (χ2n) is 5.37. The molecule has 0 aliphatic heterocycles. The van der Waals surface area contributed by atoms with Crippen molar-refractivity contribution in [2.24, 2.45) is 5.92 Å². The minimum atomic E-state index is 0.0150. The molecule has 1 aliphatic rings. The molecular weight excluding hydrogens is 370 g/mol. The Morgan fingerprint density at radius 3 is 2.67 bits per heavy atom. The van der Waals surface area contributed by atoms with Gasteiger partial charge in [-0.25, -0.2) is 0 Å². The maximum atomic E-state index is 12.3. The first kappa shape index (κ1) is 15.1. The van der Waals surface area contributed by atoms with E-state index in [0.29, 0.717) is 5.92 Å². The monoisotopic (exact) mass is 383 g/mol. The SMILES string of the molecule is CC(NC(=O)C1CC1c1ccc(Br)cc1)c1ccc(Cl)s1. The third kappa shape index (κ3) is 3.50. The molecule has 3 unspecified atom stereocenters. The van der Waals surface area contributed by atoms with Gasteiger partial charge in [0, 0.05) is 15.3 Å². The number of thiophene rings is 1. The van der Waals surface area contributed by atoms with Crippen molar-refractivity contribution in [3.05, 3.63) is 55.6 Å². The fourth-order valence-corrected chi connectivity index (χ4v) is 3.84. The van der Waals surface area contributed by atoms with Gasteiger partial charge in [-0.2, -0.15) is 0 Å². The summed E-state index contributed by atoms with van der Waals surface area (Å²) in [6.07, 6.45) is 0.936. The van der Waals surface area contributed by atoms with Crippen molar-refractivity contribution in [2.75, 3.05) is 0 Å². The number of amides is 1. The highest BCUT2D eigenvalue weighted by Gasteiger charge is 2.44. The van der Waals surface area contributed by atoms with Crippen LogP contribution in [-0.2, 0) is 4.79 Å². The van der Waals surface area contributed by atoms with Gasteiger partial charge < -0.3 is 5.32 Å². The third-order valence-electron chi connectivity index (χ3n) is 3.80. The summed E-state index contributed by atoms with van der Waals surface area (Å²) in [5.74, 6) is 0.598. The minimum absolute atomic E-state index is 0.0150. The van der Waals surface area contributed by atoms with Crippen molar-refractivity contribution in [2.45, 2.75) is 25.3 Å². The normalized spacial score (nSPS) is 21.9. The first-order valence-corrected chi connectivity index (χ1v) is 8.84. The van der Waals surface area contributed by atoms with Gasteiger partial charge in [-0.3, -0.25) is 4.79 Å². The molecule has 1 aromatic heterocycles. The molecule has 1 heterocycles. The van der Waals surface area contributed by atoms with Gasteiger partial charge in [-0.05, 0) is 49.1 Å². The molecule has 2 aromatic rings. The first-order chi connectivity index (χ1) is 10.0. The summed E-state index contributed by atoms with van der Waals surface area (Å²) in [7, 11) is 0. The largest absolute Gasteiger partial charge is 0.349 e. The average molecular weight is 385 g/mol. The van der Waals surface area contributed by atoms with Crippen LogP contribution in [0.15, 0.2) is 40.9 Å². The molecule has 3 rings (SSSR count). The van der Waals surface area contributed by atoms with E-state index in [4.69, 9.17) is 11.6 Å². The maximum absolute atomic E-state index is 12.3. The number of halogens is 2. The lowest BCUT2D eigenvalue weighted by Gasteiger charge is -2.12. The molecule has 5 heteroatoms. The van der Waals surface area contributed by atoms with Crippen LogP contribution < -0.4 is 5.32 Å². The molecule has 3 atom stereocenters. The molecule has 0 radical (unpaired) electrons. The summed E-state index contributed by atoms with van der Waals surface area (Å²) in [6, 6.07) is 12.1. The van der Waals surface area contributed by atoms with Crippen LogP contribution in [0.1, 0.15) is 35.7 Å². The second-order valence-corrected chi connectivity index (χ2v) is 8.03. The van der Waals surface area contributed by atoms with Gasteiger partial charge >= 0.3 is 0 Å². The van der Waals surface area contributed by atoms with Crippen LogP contribution >= 0.6 is 38.9 Å². The van der Waals surface area contributed by atoms with Crippen molar-refractivity contribution in [3.8, 4) is 0 Å². The van der Waals surface area contributed by atoms with E-state index in [1.807, 2.05) is 31.2 Å². The Hall–Kier alpha value is -0.840. The van der Waals surface area contributed by atoms with E-state index in [-0.39, 0.29) is 17.9 Å². The molecular formula is C16H15BrClNOS. The summed E-state index contributed by atoms with van der Waals surface area (Å²) in [5.41, 5.74) is 1.24. The van der Waals surface area contributed by atoms with Gasteiger partial charge in [0.25, 0.3) is 0 Å². The van der Waals surface area contributed by atoms with Gasteiger partial charge in [0.15, 0.2) is 0 Å². The Morgan fingerprint density at radius 2 is 2.05 bits per heavy atom. The molecule has 1 N–H and O–H groups in total. The first-order valence-electron chi connectivity index (χ1n) is 6.85. The summed E-state index contributed by atoms with van der Waals surface area (Å²) < 4.78 is 1.82. The Labute approximate surface area is 141 Å². The zero-order chi connectivity index (χ0) is 15.0. The second kappa shape index (κ2) is 6.11. The maximum Gasteiger partial charge on any atom is 0.224 e. The molecule has 110 valence electrons. The summed E-state index contributed by atoms with van der Waals surface area (Å²) >= 11 is 10.9. The minimum Gasteiger partial charge on any atom is -0.349 e. The summed E-state index contributed by atoms with van der Waals surface area (Å²) in [5, 5.41) is 3.09. The predicted octanol–water partition coefficient (Wildman–Crippen LogP) is 5.14. The lowest BCUT2D eigenvalue weighted by molar-refractivity contribution is -0.123. The predicted molar refractivity (Wildman–Crippen MR) is 90.9 cm³/mol. The highest BCUT2D eigenvalue weighted by atomic mass is 79.9. The van der Waals surface area contributed by atoms with E-state index in [1.54, 1.807) is 0 Å². The fraction of sp³-hybridized carbons (Fsp3) is 0.312. The number of nitrogens with one attached hydrogen (secondary N) is 1. The Bertz CT molecular complexity index is 655. The summed E-state index contributed by atoms with van der Waals surface area (Å²) in [6.45, 7) is 2.00. The molecule has 1 saturated carbocycles. The van der Waals surface area contributed by atoms with Gasteiger partial charge in [-0.1, -0.05) is 39.7 Å². The molecule has 0 spiro atoms. The molecule has 1 aliphatic carbocycles. The van der Waals surface area contributed by atoms with E-state index in [1.165, 1.54) is 16.9 Å². The van der Waals surface area contributed by atoms with E-state index >= 15 is 0 Å². The quantitative estimate of drug-likeness (QED) is 0.776. The number of benzene rings is 1. The Balaban J connectivity index is 1.59. The van der Waals surface area contributed by atoms with Gasteiger partial charge in [-0.15, -0.1) is 11.3 Å². The van der Waals surface area contributed by atoms with Crippen LogP contribution in [0.3, 0.4) is 0 Å². The van der Waals surface area contributed by atoms with Gasteiger partial charge in [0.05, 0.1) is 10.4 Å². The zero-order valence-electron chi connectivity index (χ0n) is 11.5. The molecule has 0 saturated heterocycles. The number of carbonyl (C=O) groups is 1. The Morgan fingerprint density at radius 1 is 1.33 bits per heavy atom. The van der Waals surface area contributed by atoms with Crippen LogP contribution in [0.4, 0.5) is 0 Å². The van der Waals surface area contributed by atoms with Crippen LogP contribution in [0, 0.1) is 5.92 Å². The van der Waals surface area contributed by atoms with Crippen molar-refractivity contribution >= 4 is 44.8 Å². The molecule has 1 aromatic carbocycles. The standard InChI is InChI=1S/C16H15BrClNOS/c1-9(14-6-7-15(18)21-14)19-16(20)13-8-12(13)10-2-4-11(17)5-3-10/h2-7,9,12-13H,8H2,1H3,(H,19,20). The Kier molecular flexibility index (Phi) is 4.38. The van der Waals surface area contributed by atoms with Crippen LogP contribution in [-0.4, -0.2) is 5.91 Å². The number of rotatable bonds is 4. The van der Waals surface area contributed by atoms with Gasteiger partial charge in [0.2, 0.25) is 5.91 Å². The smallest absolute Gasteiger partial charge is 0.224 e. The molecule has 1 amide bonds. The van der Waals surface area contributed by atoms with Gasteiger partial charge in [0.1, 0.15) is 0 Å². The lowest BCUT2D eigenvalue weighted by atomic mass is 10.1. The van der Waals surface area contributed by atoms with Crippen molar-refractivity contribution in [3.63, 3.8) is 0 Å². The molecule has 0 bridgehead atoms. The van der Waals surface area contributed by atoms with Crippen molar-refractivity contribution in [1.82, 2.24) is 5.32 Å². The molecule has 1 fully saturated rings. The van der Waals surface area contributed by atoms with E-state index < -0.39 is 0 Å². The van der Waals surface area contributed by atoms with Crippen LogP contribution in [0.5, 0.6) is 0 Å². The number of hydrogen-bond acceptors (Lipinski definition) is 2. The molecule has 21 heavy (non-hydrogen) atoms. The molecule has 2 nitrogen and oxygen atoms in total. The number of carbonyl (C=O) groups excluding carboxylic acids is 1. The highest BCUT2D eigenvalue weighted by Crippen LogP contribution is 2.48. The van der Waals surface area contributed by atoms with Crippen LogP contribution in [0.2, 0.25) is 4.34 Å². The third-order valence-corrected chi connectivity index (χ3v) is 5.75. The van der Waals surface area contributed by atoms with E-state index in [0.717, 1.165) is 20.1 Å². The zero-order valence-corrected chi connectivity index (χ0v) is 14.6. The topological polar surface area (TPSA) is 29.1 Å². The van der Waals surface area contributed by atoms with E-state index in [9.17, 15) is 4.79 Å². The number of hydrogen-bond donors (Lipinski definition) is 1. The van der Waals surface area contributed by atoms with Crippen molar-refractivity contribution < 1.29 is 4.79 Å². The average Bonchev–Trinajstić information content (AvgIpc) is 3.14.